The van der Waals surface area contributed by atoms with Crippen LogP contribution in [-0.2, 0) is 21.7 Å². The summed E-state index contributed by atoms with van der Waals surface area (Å²) in [5.74, 6) is 1.16. The van der Waals surface area contributed by atoms with Crippen molar-refractivity contribution in [2.45, 2.75) is 83.9 Å². The van der Waals surface area contributed by atoms with Crippen LogP contribution in [0, 0.1) is 6.85 Å². The van der Waals surface area contributed by atoms with E-state index in [2.05, 4.69) is 234 Å². The minimum atomic E-state index is -2.45. The second-order valence-electron chi connectivity index (χ2n) is 25.3. The molecular weight excluding hydrogens is 1020 g/mol. The highest BCUT2D eigenvalue weighted by atomic mass is 16.5. The molecule has 0 saturated carbocycles. The molecule has 15 rings (SSSR count). The maximum atomic E-state index is 9.11. The molecule has 5 nitrogen and oxygen atoms in total. The van der Waals surface area contributed by atoms with E-state index in [4.69, 9.17) is 14.3 Å². The molecule has 2 aliphatic carbocycles. The summed E-state index contributed by atoms with van der Waals surface area (Å²) in [6, 6.07) is 71.8. The fourth-order valence-electron chi connectivity index (χ4n) is 13.9. The van der Waals surface area contributed by atoms with Crippen LogP contribution in [0.5, 0.6) is 11.5 Å². The van der Waals surface area contributed by atoms with Crippen LogP contribution >= 0.6 is 0 Å². The summed E-state index contributed by atoms with van der Waals surface area (Å²) >= 11 is 0. The van der Waals surface area contributed by atoms with E-state index in [1.165, 1.54) is 74.0 Å². The molecule has 408 valence electrons. The van der Waals surface area contributed by atoms with E-state index in [-0.39, 0.29) is 51.3 Å². The molecule has 0 N–H and O–H groups in total. The Morgan fingerprint density at radius 1 is 0.512 bits per heavy atom. The lowest BCUT2D eigenvalue weighted by molar-refractivity contribution is -0.566. The van der Waals surface area contributed by atoms with Crippen molar-refractivity contribution >= 4 is 32.8 Å². The quantitative estimate of drug-likeness (QED) is 0.149. The molecule has 0 saturated heterocycles. The molecule has 0 fully saturated rings. The van der Waals surface area contributed by atoms with E-state index in [1.54, 1.807) is 22.8 Å². The maximum Gasteiger partial charge on any atom is 0.255 e. The first-order valence-corrected chi connectivity index (χ1v) is 29.0. The lowest BCUT2D eigenvalue weighted by Gasteiger charge is -2.46. The molecule has 2 aliphatic rings. The Hall–Kier alpha value is -9.58. The lowest BCUT2D eigenvalue weighted by Crippen LogP contribution is -2.40. The highest BCUT2D eigenvalue weighted by molar-refractivity contribution is 6.09. The fourth-order valence-corrected chi connectivity index (χ4v) is 13.9. The van der Waals surface area contributed by atoms with Gasteiger partial charge in [-0.25, -0.2) is 4.98 Å². The van der Waals surface area contributed by atoms with Crippen LogP contribution in [0.25, 0.3) is 83.4 Å². The van der Waals surface area contributed by atoms with Crippen LogP contribution in [0.3, 0.4) is 0 Å². The van der Waals surface area contributed by atoms with Gasteiger partial charge in [0.1, 0.15) is 28.7 Å². The molecule has 0 bridgehead atoms. The molecular formula is C79H67N4O+. The summed E-state index contributed by atoms with van der Waals surface area (Å²) in [5.41, 5.74) is 20.6. The summed E-state index contributed by atoms with van der Waals surface area (Å²) in [7, 11) is 0. The number of hydrogen-bond donors (Lipinski definition) is 0. The number of fused-ring (bicyclic) bond motifs is 13. The van der Waals surface area contributed by atoms with Gasteiger partial charge in [0.15, 0.2) is 11.0 Å². The van der Waals surface area contributed by atoms with Crippen molar-refractivity contribution in [2.24, 2.45) is 0 Å². The largest absolute Gasteiger partial charge is 0.457 e. The topological polar surface area (TPSA) is 35.9 Å². The molecule has 13 aromatic rings. The first-order valence-electron chi connectivity index (χ1n) is 32.5. The average Bonchev–Trinajstić information content (AvgIpc) is 1.58. The molecule has 0 atom stereocenters. The van der Waals surface area contributed by atoms with Crippen molar-refractivity contribution in [3.05, 3.63) is 293 Å². The van der Waals surface area contributed by atoms with Gasteiger partial charge in [0.25, 0.3) is 6.33 Å². The van der Waals surface area contributed by atoms with E-state index >= 15 is 0 Å². The van der Waals surface area contributed by atoms with Crippen LogP contribution < -0.4 is 9.30 Å². The number of ether oxygens (including phenoxy) is 1. The Kier molecular flexibility index (Phi) is 9.82. The summed E-state index contributed by atoms with van der Waals surface area (Å²) in [5, 5.41) is 0.824. The minimum absolute atomic E-state index is 0.0460. The van der Waals surface area contributed by atoms with E-state index in [0.717, 1.165) is 44.7 Å². The summed E-state index contributed by atoms with van der Waals surface area (Å²) in [4.78, 5) is 4.57. The van der Waals surface area contributed by atoms with Gasteiger partial charge in [-0.3, -0.25) is 4.57 Å². The van der Waals surface area contributed by atoms with Crippen molar-refractivity contribution < 1.29 is 18.9 Å². The van der Waals surface area contributed by atoms with Gasteiger partial charge in [0, 0.05) is 49.8 Å². The highest BCUT2D eigenvalue weighted by Gasteiger charge is 2.54. The smallest absolute Gasteiger partial charge is 0.255 e. The molecule has 0 unspecified atom stereocenters. The first-order chi connectivity index (χ1) is 43.5. The van der Waals surface area contributed by atoms with Gasteiger partial charge >= 0.3 is 0 Å². The van der Waals surface area contributed by atoms with Gasteiger partial charge in [0.05, 0.1) is 21.9 Å². The molecule has 5 heteroatoms. The van der Waals surface area contributed by atoms with E-state index in [0.29, 0.717) is 27.8 Å². The average molecular weight is 1100 g/mol. The zero-order valence-electron chi connectivity index (χ0n) is 55.5. The third-order valence-corrected chi connectivity index (χ3v) is 17.9. The summed E-state index contributed by atoms with van der Waals surface area (Å²) < 4.78 is 73.1. The van der Waals surface area contributed by atoms with Crippen molar-refractivity contribution in [1.82, 2.24) is 14.1 Å². The van der Waals surface area contributed by atoms with Crippen LogP contribution in [0.4, 0.5) is 0 Å². The fraction of sp³-hybridized carbons (Fsp3) is 0.165. The molecule has 1 spiro atoms. The van der Waals surface area contributed by atoms with Crippen molar-refractivity contribution in [1.29, 1.82) is 0 Å². The van der Waals surface area contributed by atoms with E-state index in [9.17, 15) is 0 Å². The number of aromatic nitrogens is 4. The van der Waals surface area contributed by atoms with Gasteiger partial charge < -0.3 is 4.74 Å². The normalized spacial score (nSPS) is 15.3. The van der Waals surface area contributed by atoms with Crippen molar-refractivity contribution in [3.8, 4) is 62.1 Å². The molecule has 0 aliphatic heterocycles. The number of pyridine rings is 1. The van der Waals surface area contributed by atoms with Crippen LogP contribution in [0.2, 0.25) is 0 Å². The number of aryl methyl sites for hydroxylation is 1. The molecule has 3 heterocycles. The van der Waals surface area contributed by atoms with Gasteiger partial charge in [-0.2, -0.15) is 9.13 Å². The molecule has 84 heavy (non-hydrogen) atoms. The predicted octanol–water partition coefficient (Wildman–Crippen LogP) is 19.4. The number of benzene rings is 10. The number of imidazole rings is 1. The van der Waals surface area contributed by atoms with Gasteiger partial charge in [0.2, 0.25) is 0 Å². The highest BCUT2D eigenvalue weighted by Crippen LogP contribution is 2.63. The first kappa shape index (κ1) is 44.1. The Bertz CT molecular complexity index is 5130. The lowest BCUT2D eigenvalue weighted by atomic mass is 9.55. The van der Waals surface area contributed by atoms with Gasteiger partial charge in [-0.15, -0.1) is 0 Å². The van der Waals surface area contributed by atoms with Crippen LogP contribution in [0.15, 0.2) is 243 Å². The zero-order valence-corrected chi connectivity index (χ0v) is 48.5. The summed E-state index contributed by atoms with van der Waals surface area (Å²) in [6.07, 6.45) is 3.62. The number of rotatable bonds is 7. The molecule has 0 amide bonds. The Morgan fingerprint density at radius 3 is 1.88 bits per heavy atom. The molecule has 0 radical (unpaired) electrons. The van der Waals surface area contributed by atoms with Gasteiger partial charge in [-0.1, -0.05) is 219 Å². The molecule has 10 aromatic carbocycles. The Morgan fingerprint density at radius 2 is 1.13 bits per heavy atom. The standard InChI is InChI=1S/C79H67N4O/c1-50-41-42-80-73(43-50)83-69-36-17-11-25-58(69)59-40-39-56(48-72(59)83)84-55-24-20-23-54(47-55)81-49-82(71-38-19-18-37-70(71)81)75-57(51-44-52(76(2,3)4)46-53(45-51)77(5,6)7)27-21-29-61(75)60-28-22-35-68-74(60)62-26-10-12-30-63(62)79(68)66-33-15-13-31-64(66)78(8,9)65-32-14-16-34-67(65)79/h10-49H,1-9H3/q+1/i1D3,11D,17D,25D,36D. The monoisotopic (exact) mass is 1090 g/mol. The second kappa shape index (κ2) is 18.7. The second-order valence-corrected chi connectivity index (χ2v) is 25.3. The Balaban J connectivity index is 0.940. The summed E-state index contributed by atoms with van der Waals surface area (Å²) in [6.45, 7) is 16.1. The van der Waals surface area contributed by atoms with Crippen LogP contribution in [-0.4, -0.2) is 14.1 Å². The zero-order chi connectivity index (χ0) is 63.4. The minimum Gasteiger partial charge on any atom is -0.457 e. The third kappa shape index (κ3) is 7.74. The number of nitrogens with zero attached hydrogens (tertiary/aromatic N) is 4. The predicted molar refractivity (Wildman–Crippen MR) is 346 cm³/mol. The SMILES string of the molecule is [2H]c1c([2H])c([2H])c2c(c1[2H])c1ccc(Oc3cccc(-n4c[n+](-c5c(-c6cc(C(C)(C)C)cc(C(C)(C)C)c6)cccc5-c5cccc6c5-c5ccccc5C65c6ccccc6C(C)(C)c6ccccc65)c5ccccc54)c3)cc1n2-c1cc(C([2H])([2H])[2H])ccn1. The third-order valence-electron chi connectivity index (χ3n) is 17.9. The number of para-hydroxylation sites is 4. The van der Waals surface area contributed by atoms with Gasteiger partial charge in [-0.05, 0) is 145 Å². The van der Waals surface area contributed by atoms with E-state index < -0.39 is 18.3 Å². The number of hydrogen-bond acceptors (Lipinski definition) is 2. The van der Waals surface area contributed by atoms with E-state index in [1.807, 2.05) is 18.2 Å². The molecule has 3 aromatic heterocycles. The van der Waals surface area contributed by atoms with Crippen molar-refractivity contribution in [2.75, 3.05) is 0 Å². The van der Waals surface area contributed by atoms with Crippen LogP contribution in [0.1, 0.15) is 115 Å². The Labute approximate surface area is 502 Å². The maximum absolute atomic E-state index is 9.11. The van der Waals surface area contributed by atoms with Crippen molar-refractivity contribution in [3.63, 3.8) is 0 Å².